The highest BCUT2D eigenvalue weighted by atomic mass is 16.7. The summed E-state index contributed by atoms with van der Waals surface area (Å²) in [5.74, 6) is -0.391. The normalized spacial score (nSPS) is 31.3. The minimum absolute atomic E-state index is 0.0974. The Morgan fingerprint density at radius 1 is 1.26 bits per heavy atom. The molecule has 1 aliphatic heterocycles. The van der Waals surface area contributed by atoms with Crippen LogP contribution in [0.25, 0.3) is 0 Å². The molecule has 1 aromatic carbocycles. The number of carbonyl (C=O) groups excluding carboxylic acids is 1. The van der Waals surface area contributed by atoms with Gasteiger partial charge in [0, 0.05) is 0 Å². The number of carboxylic acids is 1. The number of nitrogens with one attached hydrogen (secondary N) is 1. The van der Waals surface area contributed by atoms with Crippen molar-refractivity contribution < 1.29 is 28.7 Å². The molecule has 3 aliphatic carbocycles. The van der Waals surface area contributed by atoms with Gasteiger partial charge in [-0.25, -0.2) is 9.59 Å². The molecule has 4 fully saturated rings. The Morgan fingerprint density at radius 2 is 2.00 bits per heavy atom. The van der Waals surface area contributed by atoms with Crippen molar-refractivity contribution in [3.63, 3.8) is 0 Å². The molecule has 0 radical (unpaired) electrons. The van der Waals surface area contributed by atoms with Crippen LogP contribution in [0.2, 0.25) is 6.32 Å². The fourth-order valence-corrected chi connectivity index (χ4v) is 5.86. The molecule has 7 nitrogen and oxygen atoms in total. The number of rotatable bonds is 8. The lowest BCUT2D eigenvalue weighted by Gasteiger charge is -2.69. The Labute approximate surface area is 184 Å². The van der Waals surface area contributed by atoms with Crippen LogP contribution in [0.1, 0.15) is 58.4 Å². The number of amides is 1. The molecule has 31 heavy (non-hydrogen) atoms. The molecule has 1 spiro atoms. The zero-order chi connectivity index (χ0) is 22.3. The minimum atomic E-state index is -1.08. The summed E-state index contributed by atoms with van der Waals surface area (Å²) in [5, 5.41) is 11.9. The van der Waals surface area contributed by atoms with Crippen molar-refractivity contribution in [1.29, 1.82) is 0 Å². The summed E-state index contributed by atoms with van der Waals surface area (Å²) in [6.45, 7) is 6.81. The van der Waals surface area contributed by atoms with Crippen LogP contribution >= 0.6 is 0 Å². The van der Waals surface area contributed by atoms with Gasteiger partial charge in [0.1, 0.15) is 12.6 Å². The predicted octanol–water partition coefficient (Wildman–Crippen LogP) is 4.02. The van der Waals surface area contributed by atoms with Crippen molar-refractivity contribution in [3.8, 4) is 0 Å². The standard InChI is InChI=1S/C23H32BNO6/c1-21(2)17-11-12-22(3)23(21,14-17)31-24(30-22)13-7-10-18(19(26)27)25-20(28)29-15-16-8-5-4-6-9-16/h4-6,8-9,17-18H,7,10-15H2,1-3H3,(H,25,28)(H,26,27)/t17-,18-,22-,23-/m0/s1. The van der Waals surface area contributed by atoms with Crippen molar-refractivity contribution in [2.24, 2.45) is 11.3 Å². The average Bonchev–Trinajstić information content (AvgIpc) is 3.07. The number of aliphatic carboxylic acids is 1. The van der Waals surface area contributed by atoms with Gasteiger partial charge in [-0.15, -0.1) is 0 Å². The van der Waals surface area contributed by atoms with Crippen molar-refractivity contribution in [1.82, 2.24) is 5.32 Å². The molecule has 0 aromatic heterocycles. The van der Waals surface area contributed by atoms with Gasteiger partial charge < -0.3 is 24.5 Å². The van der Waals surface area contributed by atoms with Crippen LogP contribution in [0, 0.1) is 11.3 Å². The van der Waals surface area contributed by atoms with E-state index < -0.39 is 18.1 Å². The van der Waals surface area contributed by atoms with Gasteiger partial charge in [0.25, 0.3) is 0 Å². The maximum Gasteiger partial charge on any atom is 0.457 e. The van der Waals surface area contributed by atoms with Gasteiger partial charge in [-0.2, -0.15) is 0 Å². The number of hydrogen-bond donors (Lipinski definition) is 2. The number of fused-ring (bicyclic) bond motifs is 1. The summed E-state index contributed by atoms with van der Waals surface area (Å²) in [6, 6.07) is 8.25. The molecule has 1 amide bonds. The van der Waals surface area contributed by atoms with Gasteiger partial charge in [0.05, 0.1) is 11.2 Å². The first kappa shape index (κ1) is 22.2. The smallest absolute Gasteiger partial charge is 0.457 e. The topological polar surface area (TPSA) is 94.1 Å². The van der Waals surface area contributed by atoms with E-state index in [4.69, 9.17) is 14.0 Å². The molecular weight excluding hydrogens is 397 g/mol. The maximum absolute atomic E-state index is 12.0. The van der Waals surface area contributed by atoms with Crippen molar-refractivity contribution in [2.75, 3.05) is 0 Å². The third-order valence-electron chi connectivity index (χ3n) is 7.88. The second-order valence-corrected chi connectivity index (χ2v) is 9.91. The molecule has 1 saturated heterocycles. The molecule has 3 saturated carbocycles. The average molecular weight is 429 g/mol. The lowest BCUT2D eigenvalue weighted by molar-refractivity contribution is -0.257. The third kappa shape index (κ3) is 3.84. The van der Waals surface area contributed by atoms with E-state index in [-0.39, 0.29) is 36.8 Å². The number of carboxylic acid groups (broad SMARTS) is 1. The molecule has 168 valence electrons. The van der Waals surface area contributed by atoms with Gasteiger partial charge in [0.2, 0.25) is 0 Å². The van der Waals surface area contributed by atoms with Crippen LogP contribution < -0.4 is 5.32 Å². The summed E-state index contributed by atoms with van der Waals surface area (Å²) in [6.07, 6.45) is 3.93. The summed E-state index contributed by atoms with van der Waals surface area (Å²) >= 11 is 0. The second-order valence-electron chi connectivity index (χ2n) is 9.91. The van der Waals surface area contributed by atoms with E-state index in [0.29, 0.717) is 18.7 Å². The molecule has 0 unspecified atom stereocenters. The quantitative estimate of drug-likeness (QED) is 0.607. The largest absolute Gasteiger partial charge is 0.480 e. The molecule has 1 aromatic rings. The van der Waals surface area contributed by atoms with Crippen molar-refractivity contribution in [3.05, 3.63) is 35.9 Å². The highest BCUT2D eigenvalue weighted by Gasteiger charge is 2.75. The maximum atomic E-state index is 12.0. The number of carbonyl (C=O) groups is 2. The van der Waals surface area contributed by atoms with Crippen LogP contribution in [0.4, 0.5) is 4.79 Å². The molecule has 4 aliphatic rings. The molecule has 8 heteroatoms. The van der Waals surface area contributed by atoms with Crippen LogP contribution in [-0.2, 0) is 25.4 Å². The van der Waals surface area contributed by atoms with E-state index >= 15 is 0 Å². The van der Waals surface area contributed by atoms with Gasteiger partial charge in [0.15, 0.2) is 0 Å². The Morgan fingerprint density at radius 3 is 2.65 bits per heavy atom. The van der Waals surface area contributed by atoms with Crippen molar-refractivity contribution >= 4 is 19.2 Å². The lowest BCUT2D eigenvalue weighted by Crippen LogP contribution is -2.73. The molecule has 1 heterocycles. The zero-order valence-corrected chi connectivity index (χ0v) is 18.6. The van der Waals surface area contributed by atoms with Gasteiger partial charge in [-0.05, 0) is 55.8 Å². The van der Waals surface area contributed by atoms with Crippen LogP contribution in [-0.4, -0.2) is 41.5 Å². The van der Waals surface area contributed by atoms with E-state index in [1.807, 2.05) is 30.3 Å². The molecular formula is C23H32BNO6. The van der Waals surface area contributed by atoms with Gasteiger partial charge in [-0.1, -0.05) is 50.6 Å². The Hall–Kier alpha value is -2.06. The molecule has 2 N–H and O–H groups in total. The van der Waals surface area contributed by atoms with Crippen LogP contribution in [0.5, 0.6) is 0 Å². The van der Waals surface area contributed by atoms with E-state index in [9.17, 15) is 14.7 Å². The monoisotopic (exact) mass is 429 g/mol. The first-order valence-electron chi connectivity index (χ1n) is 11.2. The first-order valence-corrected chi connectivity index (χ1v) is 11.2. The lowest BCUT2D eigenvalue weighted by atomic mass is 9.41. The highest BCUT2D eigenvalue weighted by molar-refractivity contribution is 6.45. The Bertz CT molecular complexity index is 833. The first-order chi connectivity index (χ1) is 14.7. The molecule has 2 bridgehead atoms. The van der Waals surface area contributed by atoms with E-state index in [2.05, 4.69) is 26.1 Å². The van der Waals surface area contributed by atoms with Crippen LogP contribution in [0.15, 0.2) is 30.3 Å². The zero-order valence-electron chi connectivity index (χ0n) is 18.6. The Balaban J connectivity index is 1.25. The summed E-state index contributed by atoms with van der Waals surface area (Å²) < 4.78 is 18.0. The summed E-state index contributed by atoms with van der Waals surface area (Å²) in [7, 11) is -0.331. The van der Waals surface area contributed by atoms with Crippen LogP contribution in [0.3, 0.4) is 0 Å². The van der Waals surface area contributed by atoms with Crippen molar-refractivity contribution in [2.45, 2.75) is 83.0 Å². The highest BCUT2D eigenvalue weighted by Crippen LogP contribution is 2.70. The molecule has 5 rings (SSSR count). The predicted molar refractivity (Wildman–Crippen MR) is 115 cm³/mol. The fourth-order valence-electron chi connectivity index (χ4n) is 5.86. The van der Waals surface area contributed by atoms with E-state index in [1.54, 1.807) is 0 Å². The summed E-state index contributed by atoms with van der Waals surface area (Å²) in [5.41, 5.74) is 0.430. The second kappa shape index (κ2) is 8.13. The summed E-state index contributed by atoms with van der Waals surface area (Å²) in [4.78, 5) is 23.6. The fraction of sp³-hybridized carbons (Fsp3) is 0.652. The number of ether oxygens (including phenoxy) is 1. The molecule has 4 atom stereocenters. The number of hydrogen-bond acceptors (Lipinski definition) is 5. The van der Waals surface area contributed by atoms with E-state index in [1.165, 1.54) is 0 Å². The van der Waals surface area contributed by atoms with E-state index in [0.717, 1.165) is 24.8 Å². The van der Waals surface area contributed by atoms with Gasteiger partial charge >= 0.3 is 19.2 Å². The SMILES string of the molecule is CC1(C)[C@H]2CC[C@]3(C)OB(CCC[C@H](NC(=O)OCc4ccccc4)C(=O)O)O[C@@]13C2. The number of benzene rings is 1. The third-order valence-corrected chi connectivity index (χ3v) is 7.88. The Kier molecular flexibility index (Phi) is 5.81. The van der Waals surface area contributed by atoms with Gasteiger partial charge in [-0.3, -0.25) is 0 Å². The minimum Gasteiger partial charge on any atom is -0.480 e. The number of alkyl carbamates (subject to hydrolysis) is 1.